The zero-order valence-electron chi connectivity index (χ0n) is 18.9. The van der Waals surface area contributed by atoms with Crippen LogP contribution in [0.2, 0.25) is 0 Å². The minimum Gasteiger partial charge on any atom is -0.497 e. The van der Waals surface area contributed by atoms with Gasteiger partial charge in [0.25, 0.3) is 0 Å². The lowest BCUT2D eigenvalue weighted by molar-refractivity contribution is -0.133. The molecule has 0 N–H and O–H groups in total. The van der Waals surface area contributed by atoms with Gasteiger partial charge in [-0.25, -0.2) is 0 Å². The molecule has 2 heterocycles. The SMILES string of the molecule is COc1ccc(CN2CC(=O)N(CC3CCOCC3)CC(OCc3ccccc3)C2)cc1. The molecule has 172 valence electrons. The van der Waals surface area contributed by atoms with Crippen LogP contribution in [0.3, 0.4) is 0 Å². The quantitative estimate of drug-likeness (QED) is 0.633. The van der Waals surface area contributed by atoms with E-state index in [1.807, 2.05) is 35.2 Å². The summed E-state index contributed by atoms with van der Waals surface area (Å²) >= 11 is 0. The first-order valence-corrected chi connectivity index (χ1v) is 11.6. The summed E-state index contributed by atoms with van der Waals surface area (Å²) in [5.41, 5.74) is 2.32. The van der Waals surface area contributed by atoms with Crippen molar-refractivity contribution >= 4 is 5.91 Å². The number of benzene rings is 2. The van der Waals surface area contributed by atoms with Crippen LogP contribution in [-0.4, -0.2) is 68.3 Å². The van der Waals surface area contributed by atoms with Crippen molar-refractivity contribution in [2.75, 3.05) is 46.5 Å². The van der Waals surface area contributed by atoms with Gasteiger partial charge < -0.3 is 19.1 Å². The molecular formula is C26H34N2O4. The van der Waals surface area contributed by atoms with E-state index < -0.39 is 0 Å². The normalized spacial score (nSPS) is 20.8. The predicted molar refractivity (Wildman–Crippen MR) is 123 cm³/mol. The maximum absolute atomic E-state index is 13.2. The standard InChI is InChI=1S/C26H34N2O4/c1-30-24-9-7-21(8-10-24)15-27-17-25(32-20-23-5-3-2-4-6-23)18-28(26(29)19-27)16-22-11-13-31-14-12-22/h2-10,22,25H,11-20H2,1H3. The summed E-state index contributed by atoms with van der Waals surface area (Å²) in [6.07, 6.45) is 2.02. The van der Waals surface area contributed by atoms with Crippen LogP contribution >= 0.6 is 0 Å². The number of carbonyl (C=O) groups excluding carboxylic acids is 1. The van der Waals surface area contributed by atoms with E-state index >= 15 is 0 Å². The number of ether oxygens (including phenoxy) is 3. The van der Waals surface area contributed by atoms with Crippen LogP contribution in [0.15, 0.2) is 54.6 Å². The van der Waals surface area contributed by atoms with E-state index in [4.69, 9.17) is 14.2 Å². The molecule has 1 unspecified atom stereocenters. The van der Waals surface area contributed by atoms with Crippen LogP contribution in [0.1, 0.15) is 24.0 Å². The highest BCUT2D eigenvalue weighted by Gasteiger charge is 2.30. The fourth-order valence-corrected chi connectivity index (χ4v) is 4.47. The van der Waals surface area contributed by atoms with Crippen molar-refractivity contribution in [3.8, 4) is 5.75 Å². The van der Waals surface area contributed by atoms with E-state index in [2.05, 4.69) is 29.2 Å². The highest BCUT2D eigenvalue weighted by molar-refractivity contribution is 5.78. The third kappa shape index (κ3) is 6.55. The Hall–Kier alpha value is -2.41. The molecule has 0 bridgehead atoms. The summed E-state index contributed by atoms with van der Waals surface area (Å²) in [6.45, 7) is 5.45. The van der Waals surface area contributed by atoms with Crippen LogP contribution in [-0.2, 0) is 27.4 Å². The molecule has 0 aliphatic carbocycles. The van der Waals surface area contributed by atoms with Gasteiger partial charge in [-0.3, -0.25) is 9.69 Å². The zero-order chi connectivity index (χ0) is 22.2. The maximum atomic E-state index is 13.2. The summed E-state index contributed by atoms with van der Waals surface area (Å²) in [7, 11) is 1.67. The van der Waals surface area contributed by atoms with Crippen molar-refractivity contribution in [3.05, 3.63) is 65.7 Å². The minimum atomic E-state index is -0.0280. The van der Waals surface area contributed by atoms with Gasteiger partial charge in [-0.2, -0.15) is 0 Å². The Balaban J connectivity index is 1.44. The number of amides is 1. The van der Waals surface area contributed by atoms with E-state index in [-0.39, 0.29) is 12.0 Å². The van der Waals surface area contributed by atoms with E-state index in [1.165, 1.54) is 5.56 Å². The Labute approximate surface area is 191 Å². The molecule has 2 aromatic carbocycles. The Bertz CT molecular complexity index is 837. The molecule has 2 fully saturated rings. The average Bonchev–Trinajstić information content (AvgIpc) is 2.97. The van der Waals surface area contributed by atoms with Crippen LogP contribution in [0.4, 0.5) is 0 Å². The Morgan fingerprint density at radius 1 is 0.969 bits per heavy atom. The first kappa shape index (κ1) is 22.8. The second kappa shape index (κ2) is 11.5. The molecule has 2 aliphatic rings. The molecule has 32 heavy (non-hydrogen) atoms. The summed E-state index contributed by atoms with van der Waals surface area (Å²) in [5, 5.41) is 0. The lowest BCUT2D eigenvalue weighted by atomic mass is 9.99. The Morgan fingerprint density at radius 2 is 1.72 bits per heavy atom. The van der Waals surface area contributed by atoms with E-state index in [1.54, 1.807) is 7.11 Å². The molecule has 1 amide bonds. The van der Waals surface area contributed by atoms with Crippen LogP contribution in [0.5, 0.6) is 5.75 Å². The van der Waals surface area contributed by atoms with Crippen LogP contribution < -0.4 is 4.74 Å². The van der Waals surface area contributed by atoms with Crippen molar-refractivity contribution in [3.63, 3.8) is 0 Å². The third-order valence-corrected chi connectivity index (χ3v) is 6.31. The van der Waals surface area contributed by atoms with Gasteiger partial charge in [0.05, 0.1) is 26.4 Å². The smallest absolute Gasteiger partial charge is 0.236 e. The summed E-state index contributed by atoms with van der Waals surface area (Å²) in [4.78, 5) is 17.4. The number of carbonyl (C=O) groups is 1. The monoisotopic (exact) mass is 438 g/mol. The van der Waals surface area contributed by atoms with Gasteiger partial charge in [-0.1, -0.05) is 42.5 Å². The van der Waals surface area contributed by atoms with Crippen molar-refractivity contribution in [1.29, 1.82) is 0 Å². The second-order valence-corrected chi connectivity index (χ2v) is 8.79. The molecule has 0 radical (unpaired) electrons. The molecule has 4 rings (SSSR count). The fraction of sp³-hybridized carbons (Fsp3) is 0.500. The number of rotatable bonds is 8. The largest absolute Gasteiger partial charge is 0.497 e. The van der Waals surface area contributed by atoms with Gasteiger partial charge in [-0.15, -0.1) is 0 Å². The van der Waals surface area contributed by atoms with Gasteiger partial charge in [-0.05, 0) is 42.0 Å². The van der Waals surface area contributed by atoms with E-state index in [0.717, 1.165) is 50.5 Å². The molecule has 0 saturated carbocycles. The number of methoxy groups -OCH3 is 1. The zero-order valence-corrected chi connectivity index (χ0v) is 18.9. The van der Waals surface area contributed by atoms with Gasteiger partial charge in [0.15, 0.2) is 0 Å². The van der Waals surface area contributed by atoms with Gasteiger partial charge in [0.1, 0.15) is 5.75 Å². The van der Waals surface area contributed by atoms with Gasteiger partial charge in [0, 0.05) is 39.4 Å². The molecular weight excluding hydrogens is 404 g/mol. The van der Waals surface area contributed by atoms with Crippen molar-refractivity contribution in [2.45, 2.75) is 32.1 Å². The number of nitrogens with zero attached hydrogens (tertiary/aromatic N) is 2. The van der Waals surface area contributed by atoms with Crippen LogP contribution in [0.25, 0.3) is 0 Å². The predicted octanol–water partition coefficient (Wildman–Crippen LogP) is 3.35. The van der Waals surface area contributed by atoms with Gasteiger partial charge >= 0.3 is 0 Å². The molecule has 2 aliphatic heterocycles. The Kier molecular flexibility index (Phi) is 8.15. The molecule has 2 aromatic rings. The van der Waals surface area contributed by atoms with Gasteiger partial charge in [0.2, 0.25) is 5.91 Å². The lowest BCUT2D eigenvalue weighted by Crippen LogP contribution is -2.42. The molecule has 1 atom stereocenters. The van der Waals surface area contributed by atoms with Crippen molar-refractivity contribution in [1.82, 2.24) is 9.80 Å². The van der Waals surface area contributed by atoms with E-state index in [0.29, 0.717) is 32.2 Å². The Morgan fingerprint density at radius 3 is 2.44 bits per heavy atom. The fourth-order valence-electron chi connectivity index (χ4n) is 4.47. The highest BCUT2D eigenvalue weighted by atomic mass is 16.5. The molecule has 0 spiro atoms. The molecule has 0 aromatic heterocycles. The van der Waals surface area contributed by atoms with E-state index in [9.17, 15) is 4.79 Å². The summed E-state index contributed by atoms with van der Waals surface area (Å²) < 4.78 is 17.1. The second-order valence-electron chi connectivity index (χ2n) is 8.79. The van der Waals surface area contributed by atoms with Crippen LogP contribution in [0, 0.1) is 5.92 Å². The number of hydrogen-bond donors (Lipinski definition) is 0. The third-order valence-electron chi connectivity index (χ3n) is 6.31. The highest BCUT2D eigenvalue weighted by Crippen LogP contribution is 2.20. The minimum absolute atomic E-state index is 0.0280. The molecule has 2 saturated heterocycles. The molecule has 6 heteroatoms. The maximum Gasteiger partial charge on any atom is 0.236 e. The topological polar surface area (TPSA) is 51.2 Å². The first-order chi connectivity index (χ1) is 15.7. The molecule has 6 nitrogen and oxygen atoms in total. The first-order valence-electron chi connectivity index (χ1n) is 11.6. The number of hydrogen-bond acceptors (Lipinski definition) is 5. The summed E-state index contributed by atoms with van der Waals surface area (Å²) in [5.74, 6) is 1.54. The van der Waals surface area contributed by atoms with Crippen molar-refractivity contribution < 1.29 is 19.0 Å². The van der Waals surface area contributed by atoms with Crippen molar-refractivity contribution in [2.24, 2.45) is 5.92 Å². The lowest BCUT2D eigenvalue weighted by Gasteiger charge is -2.30. The summed E-state index contributed by atoms with van der Waals surface area (Å²) in [6, 6.07) is 18.3. The average molecular weight is 439 g/mol.